The van der Waals surface area contributed by atoms with Crippen molar-refractivity contribution in [2.75, 3.05) is 9.62 Å². The number of nitrogens with one attached hydrogen (secondary N) is 1. The van der Waals surface area contributed by atoms with Crippen molar-refractivity contribution in [1.29, 1.82) is 0 Å². The zero-order valence-electron chi connectivity index (χ0n) is 11.3. The van der Waals surface area contributed by atoms with Gasteiger partial charge in [-0.15, -0.1) is 0 Å². The van der Waals surface area contributed by atoms with Gasteiger partial charge in [-0.3, -0.25) is 5.32 Å². The lowest BCUT2D eigenvalue weighted by Gasteiger charge is -2.20. The van der Waals surface area contributed by atoms with E-state index in [-0.39, 0.29) is 0 Å². The van der Waals surface area contributed by atoms with Crippen molar-refractivity contribution >= 4 is 47.9 Å². The van der Waals surface area contributed by atoms with Crippen molar-refractivity contribution in [3.63, 3.8) is 0 Å². The number of thiol groups is 1. The first-order chi connectivity index (χ1) is 9.08. The zero-order chi connectivity index (χ0) is 15.5. The maximum atomic E-state index is 11.7. The molecule has 0 aliphatic carbocycles. The van der Waals surface area contributed by atoms with E-state index in [2.05, 4.69) is 18.1 Å². The number of primary amides is 1. The molecule has 0 atom stereocenters. The Labute approximate surface area is 127 Å². The van der Waals surface area contributed by atoms with Crippen LogP contribution < -0.4 is 15.4 Å². The number of anilines is 2. The summed E-state index contributed by atoms with van der Waals surface area (Å²) in [6, 6.07) is 3.73. The van der Waals surface area contributed by atoms with E-state index in [0.717, 1.165) is 4.31 Å². The summed E-state index contributed by atoms with van der Waals surface area (Å²) in [6.07, 6.45) is -0.629. The molecule has 1 rings (SSSR count). The summed E-state index contributed by atoms with van der Waals surface area (Å²) in [5, 5.41) is 2.83. The van der Waals surface area contributed by atoms with Crippen molar-refractivity contribution in [2.45, 2.75) is 26.4 Å². The van der Waals surface area contributed by atoms with Crippen molar-refractivity contribution in [2.24, 2.45) is 5.73 Å². The molecule has 0 saturated heterocycles. The van der Waals surface area contributed by atoms with Gasteiger partial charge in [0.25, 0.3) is 0 Å². The number of nitrogens with two attached hydrogens (primary N) is 1. The van der Waals surface area contributed by atoms with Gasteiger partial charge in [-0.1, -0.05) is 24.4 Å². The summed E-state index contributed by atoms with van der Waals surface area (Å²) >= 11 is 9.84. The van der Waals surface area contributed by atoms with E-state index in [0.29, 0.717) is 16.4 Å². The quantitative estimate of drug-likeness (QED) is 0.731. The van der Waals surface area contributed by atoms with Gasteiger partial charge in [-0.05, 0) is 39.0 Å². The van der Waals surface area contributed by atoms with Gasteiger partial charge >= 0.3 is 12.1 Å². The molecule has 6 nitrogen and oxygen atoms in total. The number of rotatable bonds is 2. The first-order valence-electron chi connectivity index (χ1n) is 5.67. The number of urea groups is 1. The molecule has 8 heteroatoms. The van der Waals surface area contributed by atoms with Crippen LogP contribution in [0.4, 0.5) is 21.0 Å². The van der Waals surface area contributed by atoms with Crippen LogP contribution in [-0.2, 0) is 4.74 Å². The number of hydrogen-bond donors (Lipinski definition) is 3. The molecule has 0 aromatic heterocycles. The molecular formula is C12H16ClN3O3S. The maximum Gasteiger partial charge on any atom is 0.412 e. The second-order valence-electron chi connectivity index (χ2n) is 4.98. The number of hydrogen-bond acceptors (Lipinski definition) is 4. The monoisotopic (exact) mass is 317 g/mol. The molecule has 0 bridgehead atoms. The summed E-state index contributed by atoms with van der Waals surface area (Å²) in [4.78, 5) is 22.7. The first-order valence-corrected chi connectivity index (χ1v) is 6.45. The smallest absolute Gasteiger partial charge is 0.412 e. The van der Waals surface area contributed by atoms with Gasteiger partial charge in [0.1, 0.15) is 5.60 Å². The van der Waals surface area contributed by atoms with E-state index in [1.165, 1.54) is 18.2 Å². The average molecular weight is 318 g/mol. The number of carbonyl (C=O) groups is 2. The third kappa shape index (κ3) is 5.18. The highest BCUT2D eigenvalue weighted by Crippen LogP contribution is 2.27. The molecule has 0 saturated carbocycles. The lowest BCUT2D eigenvalue weighted by atomic mass is 10.2. The second-order valence-corrected chi connectivity index (χ2v) is 5.81. The fraction of sp³-hybridized carbons (Fsp3) is 0.333. The lowest BCUT2D eigenvalue weighted by molar-refractivity contribution is 0.0636. The molecule has 110 valence electrons. The lowest BCUT2D eigenvalue weighted by Crippen LogP contribution is -2.28. The van der Waals surface area contributed by atoms with Crippen LogP contribution >= 0.6 is 24.4 Å². The number of ether oxygens (including phenoxy) is 1. The highest BCUT2D eigenvalue weighted by Gasteiger charge is 2.17. The Bertz CT molecular complexity index is 531. The van der Waals surface area contributed by atoms with Gasteiger partial charge in [-0.25, -0.2) is 13.9 Å². The molecule has 0 unspecified atom stereocenters. The fourth-order valence-corrected chi connectivity index (χ4v) is 1.66. The molecule has 0 heterocycles. The molecule has 0 spiro atoms. The highest BCUT2D eigenvalue weighted by atomic mass is 35.5. The Morgan fingerprint density at radius 3 is 2.45 bits per heavy atom. The number of halogens is 1. The van der Waals surface area contributed by atoms with Gasteiger partial charge in [0, 0.05) is 10.7 Å². The van der Waals surface area contributed by atoms with Gasteiger partial charge in [0.2, 0.25) is 0 Å². The van der Waals surface area contributed by atoms with Crippen molar-refractivity contribution in [1.82, 2.24) is 0 Å². The van der Waals surface area contributed by atoms with Gasteiger partial charge < -0.3 is 10.5 Å². The van der Waals surface area contributed by atoms with Crippen LogP contribution in [0.1, 0.15) is 20.8 Å². The summed E-state index contributed by atoms with van der Waals surface area (Å²) in [6.45, 7) is 5.25. The number of benzene rings is 1. The number of carbonyl (C=O) groups excluding carboxylic acids is 2. The first kappa shape index (κ1) is 16.5. The predicted molar refractivity (Wildman–Crippen MR) is 82.4 cm³/mol. The van der Waals surface area contributed by atoms with E-state index in [1.54, 1.807) is 20.8 Å². The zero-order valence-corrected chi connectivity index (χ0v) is 13.0. The maximum absolute atomic E-state index is 11.7. The SMILES string of the molecule is CC(C)(C)OC(=O)Nc1cc(Cl)cc(N(S)C(N)=O)c1. The Kier molecular flexibility index (Phi) is 5.13. The third-order valence-corrected chi connectivity index (χ3v) is 2.63. The van der Waals surface area contributed by atoms with E-state index in [9.17, 15) is 9.59 Å². The highest BCUT2D eigenvalue weighted by molar-refractivity contribution is 7.82. The van der Waals surface area contributed by atoms with E-state index in [4.69, 9.17) is 22.1 Å². The summed E-state index contributed by atoms with van der Waals surface area (Å²) < 4.78 is 6.02. The van der Waals surface area contributed by atoms with Gasteiger partial charge in [-0.2, -0.15) is 0 Å². The van der Waals surface area contributed by atoms with E-state index >= 15 is 0 Å². The van der Waals surface area contributed by atoms with Crippen LogP contribution in [0.25, 0.3) is 0 Å². The van der Waals surface area contributed by atoms with E-state index in [1.807, 2.05) is 0 Å². The Morgan fingerprint density at radius 1 is 1.35 bits per heavy atom. The molecule has 3 N–H and O–H groups in total. The molecule has 0 radical (unpaired) electrons. The molecule has 0 aliphatic heterocycles. The molecule has 20 heavy (non-hydrogen) atoms. The van der Waals surface area contributed by atoms with Crippen LogP contribution in [0.5, 0.6) is 0 Å². The average Bonchev–Trinajstić information content (AvgIpc) is 2.23. The van der Waals surface area contributed by atoms with Crippen LogP contribution in [-0.4, -0.2) is 17.7 Å². The molecule has 1 aromatic rings. The minimum atomic E-state index is -0.765. The molecule has 3 amide bonds. The summed E-state index contributed by atoms with van der Waals surface area (Å²) in [5.41, 5.74) is 5.19. The summed E-state index contributed by atoms with van der Waals surface area (Å²) in [5.74, 6) is 0. The number of nitrogens with zero attached hydrogens (tertiary/aromatic N) is 1. The van der Waals surface area contributed by atoms with Gasteiger partial charge in [0.15, 0.2) is 0 Å². The minimum absolute atomic E-state index is 0.314. The molecule has 0 fully saturated rings. The standard InChI is InChI=1S/C12H16ClN3O3S/c1-12(2,3)19-11(18)15-8-4-7(13)5-9(6-8)16(20)10(14)17/h4-6,20H,1-3H3,(H2,14,17)(H,15,18). The topological polar surface area (TPSA) is 84.7 Å². The Balaban J connectivity index is 2.91. The van der Waals surface area contributed by atoms with Crippen LogP contribution in [0.3, 0.4) is 0 Å². The largest absolute Gasteiger partial charge is 0.444 e. The van der Waals surface area contributed by atoms with E-state index < -0.39 is 17.7 Å². The third-order valence-electron chi connectivity index (χ3n) is 1.98. The minimum Gasteiger partial charge on any atom is -0.444 e. The molecule has 0 aliphatic rings. The fourth-order valence-electron chi connectivity index (χ4n) is 1.32. The summed E-state index contributed by atoms with van der Waals surface area (Å²) in [7, 11) is 0. The Morgan fingerprint density at radius 2 is 1.95 bits per heavy atom. The van der Waals surface area contributed by atoms with Crippen LogP contribution in [0, 0.1) is 0 Å². The number of amides is 3. The van der Waals surface area contributed by atoms with Crippen molar-refractivity contribution < 1.29 is 14.3 Å². The molecule has 1 aromatic carbocycles. The van der Waals surface area contributed by atoms with Gasteiger partial charge in [0.05, 0.1) is 5.69 Å². The van der Waals surface area contributed by atoms with Crippen LogP contribution in [0.15, 0.2) is 18.2 Å². The normalized spacial score (nSPS) is 10.8. The predicted octanol–water partition coefficient (Wildman–Crippen LogP) is 3.42. The Hall–Kier alpha value is -1.60. The molecular weight excluding hydrogens is 302 g/mol. The van der Waals surface area contributed by atoms with Crippen LogP contribution in [0.2, 0.25) is 5.02 Å². The van der Waals surface area contributed by atoms with Crippen molar-refractivity contribution in [3.8, 4) is 0 Å². The van der Waals surface area contributed by atoms with Crippen molar-refractivity contribution in [3.05, 3.63) is 23.2 Å². The second kappa shape index (κ2) is 6.23.